The lowest BCUT2D eigenvalue weighted by Crippen LogP contribution is -2.49. The molecule has 2 amide bonds. The van der Waals surface area contributed by atoms with Gasteiger partial charge in [-0.3, -0.25) is 9.59 Å². The minimum Gasteiger partial charge on any atom is -0.352 e. The first-order valence-corrected chi connectivity index (χ1v) is 11.6. The number of hydrogen-bond donors (Lipinski definition) is 1. The van der Waals surface area contributed by atoms with Crippen LogP contribution in [-0.4, -0.2) is 28.8 Å². The molecule has 0 spiro atoms. The molecule has 0 heterocycles. The van der Waals surface area contributed by atoms with E-state index in [-0.39, 0.29) is 17.9 Å². The Morgan fingerprint density at radius 1 is 1.03 bits per heavy atom. The van der Waals surface area contributed by atoms with Gasteiger partial charge in [0.15, 0.2) is 0 Å². The quantitative estimate of drug-likeness (QED) is 0.578. The molecule has 0 aliphatic heterocycles. The average molecular weight is 471 g/mol. The molecule has 1 N–H and O–H groups in total. The Hall–Kier alpha value is -2.14. The van der Waals surface area contributed by atoms with Crippen molar-refractivity contribution in [3.05, 3.63) is 69.7 Å². The maximum Gasteiger partial charge on any atom is 0.242 e. The number of aryl methyl sites for hydroxylation is 2. The fraction of sp³-hybridized carbons (Fsp3) is 0.440. The summed E-state index contributed by atoms with van der Waals surface area (Å²) in [6.07, 6.45) is 5.46. The standard InChI is InChI=1S/C25H31BrN2O2/c1-18-7-9-20(10-8-18)13-16-24(29)28(17-21-11-14-22(26)15-12-21)19(2)25(30)27-23-5-3-4-6-23/h7-12,14-15,19,23H,3-6,13,16-17H2,1-2H3,(H,27,30). The fourth-order valence-corrected chi connectivity index (χ4v) is 4.18. The number of rotatable bonds is 8. The summed E-state index contributed by atoms with van der Waals surface area (Å²) in [5, 5.41) is 3.15. The molecule has 160 valence electrons. The third-order valence-corrected chi connectivity index (χ3v) is 6.41. The number of amides is 2. The molecule has 0 saturated heterocycles. The first-order valence-electron chi connectivity index (χ1n) is 10.8. The molecule has 1 unspecified atom stereocenters. The topological polar surface area (TPSA) is 49.4 Å². The molecule has 1 saturated carbocycles. The van der Waals surface area contributed by atoms with E-state index in [4.69, 9.17) is 0 Å². The summed E-state index contributed by atoms with van der Waals surface area (Å²) in [6.45, 7) is 4.33. The van der Waals surface area contributed by atoms with Crippen LogP contribution in [-0.2, 0) is 22.6 Å². The van der Waals surface area contributed by atoms with Gasteiger partial charge in [-0.25, -0.2) is 0 Å². The number of nitrogens with one attached hydrogen (secondary N) is 1. The van der Waals surface area contributed by atoms with Gasteiger partial charge in [-0.05, 0) is 56.4 Å². The molecule has 4 nitrogen and oxygen atoms in total. The maximum atomic E-state index is 13.2. The van der Waals surface area contributed by atoms with Gasteiger partial charge in [-0.1, -0.05) is 70.7 Å². The smallest absolute Gasteiger partial charge is 0.242 e. The van der Waals surface area contributed by atoms with Gasteiger partial charge in [0.1, 0.15) is 6.04 Å². The fourth-order valence-electron chi connectivity index (χ4n) is 3.91. The number of carbonyl (C=O) groups excluding carboxylic acids is 2. The minimum atomic E-state index is -0.500. The molecule has 1 aliphatic rings. The normalized spacial score (nSPS) is 15.0. The molecule has 2 aromatic rings. The molecule has 1 fully saturated rings. The van der Waals surface area contributed by atoms with Crippen LogP contribution in [0.4, 0.5) is 0 Å². The van der Waals surface area contributed by atoms with Crippen LogP contribution in [0.1, 0.15) is 55.7 Å². The van der Waals surface area contributed by atoms with Crippen molar-refractivity contribution in [2.24, 2.45) is 0 Å². The van der Waals surface area contributed by atoms with Crippen molar-refractivity contribution in [2.45, 2.75) is 71.0 Å². The summed E-state index contributed by atoms with van der Waals surface area (Å²) >= 11 is 3.45. The van der Waals surface area contributed by atoms with Crippen molar-refractivity contribution in [3.63, 3.8) is 0 Å². The van der Waals surface area contributed by atoms with Crippen LogP contribution in [0, 0.1) is 6.92 Å². The Morgan fingerprint density at radius 2 is 1.63 bits per heavy atom. The molecule has 5 heteroatoms. The maximum absolute atomic E-state index is 13.2. The second kappa shape index (κ2) is 10.8. The average Bonchev–Trinajstić information content (AvgIpc) is 3.25. The van der Waals surface area contributed by atoms with E-state index in [0.717, 1.165) is 41.3 Å². The summed E-state index contributed by atoms with van der Waals surface area (Å²) in [6, 6.07) is 15.9. The molecule has 1 atom stereocenters. The van der Waals surface area contributed by atoms with Gasteiger partial charge in [0.2, 0.25) is 11.8 Å². The van der Waals surface area contributed by atoms with Gasteiger partial charge in [-0.15, -0.1) is 0 Å². The predicted octanol–water partition coefficient (Wildman–Crippen LogP) is 5.17. The molecule has 3 rings (SSSR count). The van der Waals surface area contributed by atoms with E-state index >= 15 is 0 Å². The first kappa shape index (κ1) is 22.5. The third-order valence-electron chi connectivity index (χ3n) is 5.88. The zero-order valence-corrected chi connectivity index (χ0v) is 19.5. The van der Waals surface area contributed by atoms with Crippen molar-refractivity contribution in [1.29, 1.82) is 0 Å². The van der Waals surface area contributed by atoms with Crippen LogP contribution >= 0.6 is 15.9 Å². The van der Waals surface area contributed by atoms with Crippen LogP contribution in [0.3, 0.4) is 0 Å². The van der Waals surface area contributed by atoms with Gasteiger partial charge in [0, 0.05) is 23.5 Å². The largest absolute Gasteiger partial charge is 0.352 e. The van der Waals surface area contributed by atoms with E-state index in [1.165, 1.54) is 5.56 Å². The van der Waals surface area contributed by atoms with Gasteiger partial charge < -0.3 is 10.2 Å². The summed E-state index contributed by atoms with van der Waals surface area (Å²) < 4.78 is 0.996. The van der Waals surface area contributed by atoms with E-state index in [1.807, 2.05) is 31.2 Å². The van der Waals surface area contributed by atoms with E-state index in [2.05, 4.69) is 52.4 Å². The predicted molar refractivity (Wildman–Crippen MR) is 124 cm³/mol. The highest BCUT2D eigenvalue weighted by molar-refractivity contribution is 9.10. The Morgan fingerprint density at radius 3 is 2.27 bits per heavy atom. The lowest BCUT2D eigenvalue weighted by atomic mass is 10.1. The molecule has 0 bridgehead atoms. The van der Waals surface area contributed by atoms with Crippen molar-refractivity contribution < 1.29 is 9.59 Å². The summed E-state index contributed by atoms with van der Waals surface area (Å²) in [4.78, 5) is 27.8. The lowest BCUT2D eigenvalue weighted by molar-refractivity contribution is -0.140. The Bertz CT molecular complexity index is 842. The first-order chi connectivity index (χ1) is 14.4. The summed E-state index contributed by atoms with van der Waals surface area (Å²) in [7, 11) is 0. The van der Waals surface area contributed by atoms with E-state index in [9.17, 15) is 9.59 Å². The molecule has 0 radical (unpaired) electrons. The van der Waals surface area contributed by atoms with Gasteiger partial charge in [0.25, 0.3) is 0 Å². The zero-order chi connectivity index (χ0) is 21.5. The van der Waals surface area contributed by atoms with Crippen molar-refractivity contribution >= 4 is 27.7 Å². The summed E-state index contributed by atoms with van der Waals surface area (Å²) in [5.41, 5.74) is 3.36. The van der Waals surface area contributed by atoms with Gasteiger partial charge in [0.05, 0.1) is 0 Å². The molecule has 0 aromatic heterocycles. The van der Waals surface area contributed by atoms with Gasteiger partial charge >= 0.3 is 0 Å². The van der Waals surface area contributed by atoms with Crippen molar-refractivity contribution in [3.8, 4) is 0 Å². The molecule has 30 heavy (non-hydrogen) atoms. The molecule has 2 aromatic carbocycles. The monoisotopic (exact) mass is 470 g/mol. The minimum absolute atomic E-state index is 0.00701. The van der Waals surface area contributed by atoms with Crippen LogP contribution < -0.4 is 5.32 Å². The number of halogens is 1. The summed E-state index contributed by atoms with van der Waals surface area (Å²) in [5.74, 6) is -0.0461. The molecule has 1 aliphatic carbocycles. The van der Waals surface area contributed by atoms with Crippen molar-refractivity contribution in [1.82, 2.24) is 10.2 Å². The van der Waals surface area contributed by atoms with Crippen LogP contribution in [0.5, 0.6) is 0 Å². The Labute approximate surface area is 188 Å². The van der Waals surface area contributed by atoms with E-state index in [1.54, 1.807) is 4.90 Å². The molecular weight excluding hydrogens is 440 g/mol. The van der Waals surface area contributed by atoms with Crippen molar-refractivity contribution in [2.75, 3.05) is 0 Å². The number of benzene rings is 2. The van der Waals surface area contributed by atoms with Crippen LogP contribution in [0.25, 0.3) is 0 Å². The highest BCUT2D eigenvalue weighted by Crippen LogP contribution is 2.19. The van der Waals surface area contributed by atoms with Crippen LogP contribution in [0.15, 0.2) is 53.0 Å². The lowest BCUT2D eigenvalue weighted by Gasteiger charge is -2.30. The number of hydrogen-bond acceptors (Lipinski definition) is 2. The van der Waals surface area contributed by atoms with Gasteiger partial charge in [-0.2, -0.15) is 0 Å². The number of carbonyl (C=O) groups is 2. The SMILES string of the molecule is Cc1ccc(CCC(=O)N(Cc2ccc(Br)cc2)C(C)C(=O)NC2CCCC2)cc1. The van der Waals surface area contributed by atoms with Crippen LogP contribution in [0.2, 0.25) is 0 Å². The molecular formula is C25H31BrN2O2. The zero-order valence-electron chi connectivity index (χ0n) is 17.9. The number of nitrogens with zero attached hydrogens (tertiary/aromatic N) is 1. The van der Waals surface area contributed by atoms with E-state index < -0.39 is 6.04 Å². The Kier molecular flexibility index (Phi) is 8.08. The van der Waals surface area contributed by atoms with E-state index in [0.29, 0.717) is 19.4 Å². The second-order valence-electron chi connectivity index (χ2n) is 8.30. The third kappa shape index (κ3) is 6.43. The Balaban J connectivity index is 1.69. The second-order valence-corrected chi connectivity index (χ2v) is 9.22. The highest BCUT2D eigenvalue weighted by Gasteiger charge is 2.28. The highest BCUT2D eigenvalue weighted by atomic mass is 79.9.